The molecule has 110 valence electrons. The molecular formula is C16H25N3O. The van der Waals surface area contributed by atoms with Crippen molar-refractivity contribution in [3.63, 3.8) is 0 Å². The van der Waals surface area contributed by atoms with Crippen LogP contribution in [0.4, 0.5) is 5.69 Å². The molecule has 0 heterocycles. The van der Waals surface area contributed by atoms with Crippen LogP contribution in [-0.2, 0) is 4.74 Å². The first kappa shape index (κ1) is 14.9. The van der Waals surface area contributed by atoms with Gasteiger partial charge in [-0.1, -0.05) is 32.9 Å². The summed E-state index contributed by atoms with van der Waals surface area (Å²) in [6, 6.07) is 8.28. The maximum absolute atomic E-state index is 6.03. The van der Waals surface area contributed by atoms with Gasteiger partial charge in [-0.2, -0.15) is 0 Å². The Labute approximate surface area is 121 Å². The minimum absolute atomic E-state index is 0.0209. The van der Waals surface area contributed by atoms with E-state index in [4.69, 9.17) is 10.5 Å². The quantitative estimate of drug-likeness (QED) is 0.658. The maximum atomic E-state index is 6.03. The van der Waals surface area contributed by atoms with Crippen molar-refractivity contribution in [2.75, 3.05) is 12.4 Å². The van der Waals surface area contributed by atoms with Gasteiger partial charge in [-0.15, -0.1) is 0 Å². The van der Waals surface area contributed by atoms with Crippen molar-refractivity contribution < 1.29 is 4.74 Å². The van der Waals surface area contributed by atoms with Crippen molar-refractivity contribution in [3.8, 4) is 0 Å². The van der Waals surface area contributed by atoms with Crippen LogP contribution < -0.4 is 11.1 Å². The van der Waals surface area contributed by atoms with Crippen LogP contribution in [0.25, 0.3) is 0 Å². The Morgan fingerprint density at radius 2 is 2.10 bits per heavy atom. The first-order valence-electron chi connectivity index (χ1n) is 7.06. The fraction of sp³-hybridized carbons (Fsp3) is 0.562. The maximum Gasteiger partial charge on any atom is 0.193 e. The minimum atomic E-state index is 0.0209. The fourth-order valence-corrected chi connectivity index (χ4v) is 3.43. The molecule has 1 fully saturated rings. The van der Waals surface area contributed by atoms with Crippen molar-refractivity contribution in [1.82, 2.24) is 0 Å². The number of nitrogens with one attached hydrogen (secondary N) is 1. The summed E-state index contributed by atoms with van der Waals surface area (Å²) < 4.78 is 5.53. The summed E-state index contributed by atoms with van der Waals surface area (Å²) in [5.74, 6) is 0.850. The number of ether oxygens (including phenoxy) is 1. The normalized spacial score (nSPS) is 28.9. The highest BCUT2D eigenvalue weighted by Gasteiger charge is 2.54. The van der Waals surface area contributed by atoms with E-state index in [1.54, 1.807) is 7.11 Å². The largest absolute Gasteiger partial charge is 0.380 e. The lowest BCUT2D eigenvalue weighted by molar-refractivity contribution is -0.132. The molecule has 3 N–H and O–H groups in total. The van der Waals surface area contributed by atoms with Crippen molar-refractivity contribution in [3.05, 3.63) is 29.8 Å². The summed E-state index contributed by atoms with van der Waals surface area (Å²) in [7, 11) is 1.76. The summed E-state index contributed by atoms with van der Waals surface area (Å²) in [4.78, 5) is 4.64. The number of nitrogens with two attached hydrogens (primary N) is 1. The molecule has 0 radical (unpaired) electrons. The summed E-state index contributed by atoms with van der Waals surface area (Å²) in [5.41, 5.74) is 8.22. The zero-order valence-electron chi connectivity index (χ0n) is 13.0. The van der Waals surface area contributed by atoms with Crippen LogP contribution in [-0.4, -0.2) is 25.2 Å². The molecular weight excluding hydrogens is 250 g/mol. The average Bonchev–Trinajstić information content (AvgIpc) is 2.36. The number of benzene rings is 1. The molecule has 0 spiro atoms. The molecule has 1 aliphatic carbocycles. The number of methoxy groups -OCH3 is 1. The zero-order chi connectivity index (χ0) is 14.9. The van der Waals surface area contributed by atoms with E-state index in [2.05, 4.69) is 50.1 Å². The lowest BCUT2D eigenvalue weighted by atomic mass is 9.58. The van der Waals surface area contributed by atoms with Gasteiger partial charge in [0.05, 0.1) is 12.1 Å². The Kier molecular flexibility index (Phi) is 4.04. The number of aryl methyl sites for hydroxylation is 1. The lowest BCUT2D eigenvalue weighted by Crippen LogP contribution is -2.61. The third-order valence-electron chi connectivity index (χ3n) is 4.29. The van der Waals surface area contributed by atoms with Gasteiger partial charge in [-0.25, -0.2) is 4.99 Å². The molecule has 3 atom stereocenters. The smallest absolute Gasteiger partial charge is 0.193 e. The van der Waals surface area contributed by atoms with Crippen LogP contribution in [0.2, 0.25) is 0 Å². The molecule has 20 heavy (non-hydrogen) atoms. The minimum Gasteiger partial charge on any atom is -0.380 e. The van der Waals surface area contributed by atoms with Crippen molar-refractivity contribution in [2.24, 2.45) is 22.1 Å². The number of anilines is 1. The first-order chi connectivity index (χ1) is 9.36. The number of hydrogen-bond donors (Lipinski definition) is 2. The van der Waals surface area contributed by atoms with Gasteiger partial charge in [-0.3, -0.25) is 0 Å². The summed E-state index contributed by atoms with van der Waals surface area (Å²) in [6.07, 6.45) is 0.239. The molecule has 3 unspecified atom stereocenters. The number of hydrogen-bond acceptors (Lipinski definition) is 2. The molecule has 4 nitrogen and oxygen atoms in total. The molecule has 1 aromatic rings. The molecule has 2 rings (SSSR count). The van der Waals surface area contributed by atoms with E-state index in [9.17, 15) is 0 Å². The highest BCUT2D eigenvalue weighted by atomic mass is 16.5. The number of nitrogens with zero attached hydrogens (tertiary/aromatic N) is 1. The topological polar surface area (TPSA) is 59.6 Å². The van der Waals surface area contributed by atoms with E-state index in [-0.39, 0.29) is 17.6 Å². The number of rotatable bonds is 3. The van der Waals surface area contributed by atoms with Crippen LogP contribution in [0.3, 0.4) is 0 Å². The van der Waals surface area contributed by atoms with Gasteiger partial charge >= 0.3 is 0 Å². The molecule has 0 aliphatic heterocycles. The predicted molar refractivity (Wildman–Crippen MR) is 84.0 cm³/mol. The highest BCUT2D eigenvalue weighted by Crippen LogP contribution is 2.48. The second-order valence-electron chi connectivity index (χ2n) is 6.29. The molecule has 1 aliphatic rings. The third-order valence-corrected chi connectivity index (χ3v) is 4.29. The van der Waals surface area contributed by atoms with Crippen LogP contribution in [0.15, 0.2) is 29.3 Å². The van der Waals surface area contributed by atoms with E-state index in [0.717, 1.165) is 5.69 Å². The average molecular weight is 275 g/mol. The molecule has 0 saturated heterocycles. The molecule has 0 aromatic heterocycles. The van der Waals surface area contributed by atoms with Crippen molar-refractivity contribution >= 4 is 11.6 Å². The van der Waals surface area contributed by atoms with Gasteiger partial charge in [0.25, 0.3) is 0 Å². The van der Waals surface area contributed by atoms with E-state index < -0.39 is 0 Å². The Bertz CT molecular complexity index is 510. The first-order valence-corrected chi connectivity index (χ1v) is 7.06. The van der Waals surface area contributed by atoms with Crippen LogP contribution in [0.1, 0.15) is 26.3 Å². The van der Waals surface area contributed by atoms with Crippen LogP contribution in [0.5, 0.6) is 0 Å². The Morgan fingerprint density at radius 3 is 2.65 bits per heavy atom. The zero-order valence-corrected chi connectivity index (χ0v) is 13.0. The van der Waals surface area contributed by atoms with Crippen molar-refractivity contribution in [2.45, 2.75) is 39.8 Å². The van der Waals surface area contributed by atoms with Gasteiger partial charge < -0.3 is 15.8 Å². The van der Waals surface area contributed by atoms with Crippen molar-refractivity contribution in [1.29, 1.82) is 0 Å². The van der Waals surface area contributed by atoms with E-state index in [1.807, 2.05) is 12.1 Å². The van der Waals surface area contributed by atoms with Gasteiger partial charge in [0.1, 0.15) is 0 Å². The molecule has 4 heteroatoms. The second kappa shape index (κ2) is 5.44. The molecule has 0 bridgehead atoms. The monoisotopic (exact) mass is 275 g/mol. The predicted octanol–water partition coefficient (Wildman–Crippen LogP) is 2.78. The van der Waals surface area contributed by atoms with E-state index in [0.29, 0.717) is 11.9 Å². The third kappa shape index (κ3) is 2.66. The van der Waals surface area contributed by atoms with Gasteiger partial charge in [0, 0.05) is 24.1 Å². The van der Waals surface area contributed by atoms with Crippen LogP contribution in [0, 0.1) is 18.3 Å². The Balaban J connectivity index is 2.08. The Hall–Kier alpha value is -1.55. The van der Waals surface area contributed by atoms with E-state index in [1.165, 1.54) is 5.56 Å². The van der Waals surface area contributed by atoms with Crippen LogP contribution >= 0.6 is 0 Å². The highest BCUT2D eigenvalue weighted by molar-refractivity contribution is 5.92. The Morgan fingerprint density at radius 1 is 1.40 bits per heavy atom. The molecule has 1 aromatic carbocycles. The van der Waals surface area contributed by atoms with Gasteiger partial charge in [-0.05, 0) is 24.6 Å². The summed E-state index contributed by atoms with van der Waals surface area (Å²) in [6.45, 7) is 8.57. The van der Waals surface area contributed by atoms with E-state index >= 15 is 0 Å². The molecule has 0 amide bonds. The SMILES string of the molecule is COC1C(C)C(N=C(N)Nc2cccc(C)c2)C1(C)C. The standard InChI is InChI=1S/C16H25N3O/c1-10-7-6-8-12(9-10)18-15(17)19-13-11(2)14(20-5)16(13,3)4/h6-9,11,13-14H,1-5H3,(H3,17,18,19). The molecule has 1 saturated carbocycles. The summed E-state index contributed by atoms with van der Waals surface area (Å²) >= 11 is 0. The fourth-order valence-electron chi connectivity index (χ4n) is 3.43. The summed E-state index contributed by atoms with van der Waals surface area (Å²) in [5, 5.41) is 3.16. The number of aliphatic imine (C=N–C) groups is 1. The second-order valence-corrected chi connectivity index (χ2v) is 6.29. The van der Waals surface area contributed by atoms with Gasteiger partial charge in [0.2, 0.25) is 0 Å². The number of guanidine groups is 1. The van der Waals surface area contributed by atoms with Gasteiger partial charge in [0.15, 0.2) is 5.96 Å². The lowest BCUT2D eigenvalue weighted by Gasteiger charge is -2.54.